The summed E-state index contributed by atoms with van der Waals surface area (Å²) in [4.78, 5) is 8.78. The molecule has 0 unspecified atom stereocenters. The average Bonchev–Trinajstić information content (AvgIpc) is 2.69. The van der Waals surface area contributed by atoms with E-state index in [4.69, 9.17) is 0 Å². The molecule has 0 N–H and O–H groups in total. The second-order valence-electron chi connectivity index (χ2n) is 5.79. The summed E-state index contributed by atoms with van der Waals surface area (Å²) in [6.45, 7) is 6.70. The fourth-order valence-corrected chi connectivity index (χ4v) is 2.33. The van der Waals surface area contributed by atoms with Crippen LogP contribution >= 0.6 is 11.8 Å². The molecule has 2 rings (SSSR count). The first kappa shape index (κ1) is 14.1. The SMILES string of the molecule is CSc1nccc(-c2cnn(C)c2CC(C)(C)C)n1. The van der Waals surface area contributed by atoms with Crippen LogP contribution in [0.15, 0.2) is 23.6 Å². The van der Waals surface area contributed by atoms with Gasteiger partial charge in [0.25, 0.3) is 0 Å². The maximum atomic E-state index is 4.56. The van der Waals surface area contributed by atoms with Crippen molar-refractivity contribution in [2.45, 2.75) is 32.3 Å². The largest absolute Gasteiger partial charge is 0.272 e. The zero-order chi connectivity index (χ0) is 14.0. The van der Waals surface area contributed by atoms with Crippen molar-refractivity contribution >= 4 is 11.8 Å². The molecule has 2 aromatic rings. The molecule has 2 heterocycles. The van der Waals surface area contributed by atoms with E-state index in [1.807, 2.05) is 36.4 Å². The van der Waals surface area contributed by atoms with E-state index in [-0.39, 0.29) is 5.41 Å². The molecule has 0 aliphatic rings. The summed E-state index contributed by atoms with van der Waals surface area (Å²) in [6.07, 6.45) is 6.66. The molecule has 0 fully saturated rings. The van der Waals surface area contributed by atoms with Gasteiger partial charge >= 0.3 is 0 Å². The number of aryl methyl sites for hydroxylation is 1. The molecule has 0 bridgehead atoms. The monoisotopic (exact) mass is 276 g/mol. The molecule has 5 heteroatoms. The molecule has 4 nitrogen and oxygen atoms in total. The normalized spacial score (nSPS) is 11.8. The summed E-state index contributed by atoms with van der Waals surface area (Å²) >= 11 is 1.55. The Balaban J connectivity index is 2.44. The van der Waals surface area contributed by atoms with E-state index in [0.717, 1.165) is 22.8 Å². The van der Waals surface area contributed by atoms with E-state index < -0.39 is 0 Å². The molecule has 19 heavy (non-hydrogen) atoms. The van der Waals surface area contributed by atoms with Gasteiger partial charge in [-0.1, -0.05) is 32.5 Å². The van der Waals surface area contributed by atoms with Gasteiger partial charge < -0.3 is 0 Å². The summed E-state index contributed by atoms with van der Waals surface area (Å²) in [5.74, 6) is 0. The minimum absolute atomic E-state index is 0.220. The third kappa shape index (κ3) is 3.35. The number of nitrogens with zero attached hydrogens (tertiary/aromatic N) is 4. The molecular weight excluding hydrogens is 256 g/mol. The quantitative estimate of drug-likeness (QED) is 0.638. The Morgan fingerprint density at radius 1 is 1.32 bits per heavy atom. The molecule has 0 saturated heterocycles. The van der Waals surface area contributed by atoms with Crippen LogP contribution in [0.1, 0.15) is 26.5 Å². The van der Waals surface area contributed by atoms with Crippen LogP contribution in [-0.2, 0) is 13.5 Å². The third-order valence-corrected chi connectivity index (χ3v) is 3.41. The van der Waals surface area contributed by atoms with Gasteiger partial charge in [0.15, 0.2) is 5.16 Å². The molecule has 0 spiro atoms. The minimum atomic E-state index is 0.220. The predicted octanol–water partition coefficient (Wildman–Crippen LogP) is 3.19. The highest BCUT2D eigenvalue weighted by Gasteiger charge is 2.19. The van der Waals surface area contributed by atoms with Crippen LogP contribution in [0.5, 0.6) is 0 Å². The van der Waals surface area contributed by atoms with Crippen molar-refractivity contribution in [3.63, 3.8) is 0 Å². The van der Waals surface area contributed by atoms with Crippen molar-refractivity contribution in [2.75, 3.05) is 6.26 Å². The van der Waals surface area contributed by atoms with Crippen LogP contribution in [0.25, 0.3) is 11.3 Å². The maximum absolute atomic E-state index is 4.56. The van der Waals surface area contributed by atoms with Gasteiger partial charge in [-0.05, 0) is 24.2 Å². The first-order valence-electron chi connectivity index (χ1n) is 6.29. The highest BCUT2D eigenvalue weighted by atomic mass is 32.2. The standard InChI is InChI=1S/C14H20N4S/c1-14(2,3)8-12-10(9-16-18(12)4)11-6-7-15-13(17-11)19-5/h6-7,9H,8H2,1-5H3. The Morgan fingerprint density at radius 3 is 2.68 bits per heavy atom. The molecular formula is C14H20N4S. The van der Waals surface area contributed by atoms with Crippen molar-refractivity contribution in [3.8, 4) is 11.3 Å². The van der Waals surface area contributed by atoms with E-state index >= 15 is 0 Å². The Bertz CT molecular complexity index is 569. The van der Waals surface area contributed by atoms with Crippen molar-refractivity contribution in [1.82, 2.24) is 19.7 Å². The maximum Gasteiger partial charge on any atom is 0.187 e. The number of rotatable bonds is 3. The Labute approximate surface area is 118 Å². The zero-order valence-corrected chi connectivity index (χ0v) is 13.0. The van der Waals surface area contributed by atoms with E-state index in [2.05, 4.69) is 35.8 Å². The van der Waals surface area contributed by atoms with E-state index in [1.54, 1.807) is 11.8 Å². The van der Waals surface area contributed by atoms with Gasteiger partial charge in [0.2, 0.25) is 0 Å². The van der Waals surface area contributed by atoms with Crippen molar-refractivity contribution in [3.05, 3.63) is 24.2 Å². The smallest absolute Gasteiger partial charge is 0.187 e. The van der Waals surface area contributed by atoms with Gasteiger partial charge in [0.1, 0.15) is 0 Å². The van der Waals surface area contributed by atoms with Crippen LogP contribution in [0.2, 0.25) is 0 Å². The fourth-order valence-electron chi connectivity index (χ4n) is 1.98. The second kappa shape index (κ2) is 5.33. The molecule has 0 atom stereocenters. The second-order valence-corrected chi connectivity index (χ2v) is 6.57. The molecule has 0 aromatic carbocycles. The highest BCUT2D eigenvalue weighted by molar-refractivity contribution is 7.98. The predicted molar refractivity (Wildman–Crippen MR) is 79.2 cm³/mol. The lowest BCUT2D eigenvalue weighted by atomic mass is 9.89. The topological polar surface area (TPSA) is 43.6 Å². The van der Waals surface area contributed by atoms with Gasteiger partial charge in [0.05, 0.1) is 11.9 Å². The van der Waals surface area contributed by atoms with E-state index in [0.29, 0.717) is 0 Å². The van der Waals surface area contributed by atoms with Crippen LogP contribution in [0.3, 0.4) is 0 Å². The number of hydrogen-bond donors (Lipinski definition) is 0. The van der Waals surface area contributed by atoms with Gasteiger partial charge in [-0.25, -0.2) is 9.97 Å². The van der Waals surface area contributed by atoms with Gasteiger partial charge in [-0.2, -0.15) is 5.10 Å². The summed E-state index contributed by atoms with van der Waals surface area (Å²) in [6, 6.07) is 1.95. The first-order chi connectivity index (χ1) is 8.90. The van der Waals surface area contributed by atoms with Gasteiger partial charge in [-0.3, -0.25) is 4.68 Å². The summed E-state index contributed by atoms with van der Waals surface area (Å²) in [5, 5.41) is 5.18. The third-order valence-electron chi connectivity index (χ3n) is 2.85. The fraction of sp³-hybridized carbons (Fsp3) is 0.500. The number of hydrogen-bond acceptors (Lipinski definition) is 4. The molecule has 2 aromatic heterocycles. The highest BCUT2D eigenvalue weighted by Crippen LogP contribution is 2.28. The molecule has 0 aliphatic heterocycles. The van der Waals surface area contributed by atoms with Crippen molar-refractivity contribution < 1.29 is 0 Å². The van der Waals surface area contributed by atoms with Crippen molar-refractivity contribution in [1.29, 1.82) is 0 Å². The van der Waals surface area contributed by atoms with E-state index in [1.165, 1.54) is 5.69 Å². The summed E-state index contributed by atoms with van der Waals surface area (Å²) in [5.41, 5.74) is 3.50. The first-order valence-corrected chi connectivity index (χ1v) is 7.51. The Hall–Kier alpha value is -1.36. The molecule has 102 valence electrons. The summed E-state index contributed by atoms with van der Waals surface area (Å²) in [7, 11) is 1.99. The molecule has 0 radical (unpaired) electrons. The van der Waals surface area contributed by atoms with Crippen molar-refractivity contribution in [2.24, 2.45) is 12.5 Å². The summed E-state index contributed by atoms with van der Waals surface area (Å²) < 4.78 is 1.95. The lowest BCUT2D eigenvalue weighted by molar-refractivity contribution is 0.398. The molecule has 0 aliphatic carbocycles. The lowest BCUT2D eigenvalue weighted by Gasteiger charge is -2.19. The molecule has 0 saturated carbocycles. The number of aromatic nitrogens is 4. The lowest BCUT2D eigenvalue weighted by Crippen LogP contribution is -2.13. The van der Waals surface area contributed by atoms with E-state index in [9.17, 15) is 0 Å². The average molecular weight is 276 g/mol. The van der Waals surface area contributed by atoms with Crippen LogP contribution in [0.4, 0.5) is 0 Å². The van der Waals surface area contributed by atoms with Crippen LogP contribution in [0, 0.1) is 5.41 Å². The minimum Gasteiger partial charge on any atom is -0.272 e. The number of thioether (sulfide) groups is 1. The van der Waals surface area contributed by atoms with Crippen LogP contribution < -0.4 is 0 Å². The van der Waals surface area contributed by atoms with Gasteiger partial charge in [-0.15, -0.1) is 0 Å². The van der Waals surface area contributed by atoms with Crippen LogP contribution in [-0.4, -0.2) is 26.0 Å². The Morgan fingerprint density at radius 2 is 2.05 bits per heavy atom. The van der Waals surface area contributed by atoms with Gasteiger partial charge in [0, 0.05) is 24.5 Å². The zero-order valence-electron chi connectivity index (χ0n) is 12.1. The molecule has 0 amide bonds. The Kier molecular flexibility index (Phi) is 3.94.